The molecule has 0 aliphatic heterocycles. The van der Waals surface area contributed by atoms with Crippen LogP contribution < -0.4 is 10.6 Å². The van der Waals surface area contributed by atoms with Gasteiger partial charge in [-0.15, -0.1) is 0 Å². The van der Waals surface area contributed by atoms with E-state index < -0.39 is 11.7 Å². The van der Waals surface area contributed by atoms with Gasteiger partial charge in [-0.25, -0.2) is 4.68 Å². The number of nitrogens with one attached hydrogen (secondary N) is 2. The molecular formula is C22H22N4O3. The van der Waals surface area contributed by atoms with E-state index in [9.17, 15) is 14.4 Å². The zero-order chi connectivity index (χ0) is 21.0. The lowest BCUT2D eigenvalue weighted by Crippen LogP contribution is -2.31. The topological polar surface area (TPSA) is 93.1 Å². The molecule has 7 nitrogen and oxygen atoms in total. The SMILES string of the molecule is CC(=O)Nc1ccc(CNC(=O)C(=O)c2c(C)nn(-c3ccccc3)c2C)cc1. The van der Waals surface area contributed by atoms with E-state index >= 15 is 0 Å². The molecule has 29 heavy (non-hydrogen) atoms. The Morgan fingerprint density at radius 2 is 1.62 bits per heavy atom. The lowest BCUT2D eigenvalue weighted by atomic mass is 10.1. The zero-order valence-electron chi connectivity index (χ0n) is 16.5. The molecule has 2 aromatic carbocycles. The summed E-state index contributed by atoms with van der Waals surface area (Å²) in [6.45, 7) is 5.13. The third-order valence-corrected chi connectivity index (χ3v) is 4.45. The number of rotatable bonds is 6. The van der Waals surface area contributed by atoms with Gasteiger partial charge in [0, 0.05) is 19.2 Å². The van der Waals surface area contributed by atoms with Crippen LogP contribution in [0.1, 0.15) is 34.2 Å². The second kappa shape index (κ2) is 8.52. The molecule has 148 valence electrons. The summed E-state index contributed by atoms with van der Waals surface area (Å²) < 4.78 is 1.66. The average molecular weight is 390 g/mol. The molecule has 1 aromatic heterocycles. The van der Waals surface area contributed by atoms with Crippen molar-refractivity contribution in [2.75, 3.05) is 5.32 Å². The largest absolute Gasteiger partial charge is 0.345 e. The molecule has 1 heterocycles. The number of nitrogens with zero attached hydrogens (tertiary/aromatic N) is 2. The van der Waals surface area contributed by atoms with Crippen molar-refractivity contribution in [2.45, 2.75) is 27.3 Å². The molecule has 2 N–H and O–H groups in total. The van der Waals surface area contributed by atoms with E-state index in [0.717, 1.165) is 11.3 Å². The Kier molecular flexibility index (Phi) is 5.87. The first kappa shape index (κ1) is 20.0. The first-order chi connectivity index (χ1) is 13.9. The predicted octanol–water partition coefficient (Wildman–Crippen LogP) is 2.95. The Balaban J connectivity index is 1.70. The molecule has 0 bridgehead atoms. The van der Waals surface area contributed by atoms with Crippen molar-refractivity contribution in [3.8, 4) is 5.69 Å². The van der Waals surface area contributed by atoms with Crippen LogP contribution in [0, 0.1) is 13.8 Å². The number of aromatic nitrogens is 2. The summed E-state index contributed by atoms with van der Waals surface area (Å²) in [4.78, 5) is 36.2. The highest BCUT2D eigenvalue weighted by molar-refractivity contribution is 6.43. The highest BCUT2D eigenvalue weighted by Crippen LogP contribution is 2.18. The minimum atomic E-state index is -0.685. The van der Waals surface area contributed by atoms with Crippen LogP contribution in [0.25, 0.3) is 5.69 Å². The van der Waals surface area contributed by atoms with Gasteiger partial charge in [-0.2, -0.15) is 5.10 Å². The third-order valence-electron chi connectivity index (χ3n) is 4.45. The Bertz CT molecular complexity index is 1050. The number of hydrogen-bond donors (Lipinski definition) is 2. The summed E-state index contributed by atoms with van der Waals surface area (Å²) in [5.74, 6) is -1.45. The second-order valence-corrected chi connectivity index (χ2v) is 6.68. The highest BCUT2D eigenvalue weighted by Gasteiger charge is 2.24. The van der Waals surface area contributed by atoms with Crippen LogP contribution in [-0.4, -0.2) is 27.4 Å². The van der Waals surface area contributed by atoms with Crippen molar-refractivity contribution >= 4 is 23.3 Å². The average Bonchev–Trinajstić information content (AvgIpc) is 3.01. The Hall–Kier alpha value is -3.74. The van der Waals surface area contributed by atoms with Crippen LogP contribution in [0.2, 0.25) is 0 Å². The van der Waals surface area contributed by atoms with Crippen molar-refractivity contribution in [3.05, 3.63) is 77.1 Å². The second-order valence-electron chi connectivity index (χ2n) is 6.68. The first-order valence-electron chi connectivity index (χ1n) is 9.17. The van der Waals surface area contributed by atoms with Crippen LogP contribution in [0.15, 0.2) is 54.6 Å². The van der Waals surface area contributed by atoms with Crippen LogP contribution in [-0.2, 0) is 16.1 Å². The summed E-state index contributed by atoms with van der Waals surface area (Å²) in [5.41, 5.74) is 3.75. The number of hydrogen-bond acceptors (Lipinski definition) is 4. The molecule has 0 saturated heterocycles. The summed E-state index contributed by atoms with van der Waals surface area (Å²) >= 11 is 0. The van der Waals surface area contributed by atoms with Crippen molar-refractivity contribution in [1.29, 1.82) is 0 Å². The number of Topliss-reactive ketones (excluding diaryl/α,β-unsaturated/α-hetero) is 1. The number of para-hydroxylation sites is 1. The molecule has 0 saturated carbocycles. The zero-order valence-corrected chi connectivity index (χ0v) is 16.5. The monoisotopic (exact) mass is 390 g/mol. The van der Waals surface area contributed by atoms with Gasteiger partial charge in [0.05, 0.1) is 22.6 Å². The molecule has 0 atom stereocenters. The molecule has 0 spiro atoms. The Morgan fingerprint density at radius 1 is 0.966 bits per heavy atom. The maximum atomic E-state index is 12.7. The third kappa shape index (κ3) is 4.57. The van der Waals surface area contributed by atoms with E-state index in [4.69, 9.17) is 0 Å². The van der Waals surface area contributed by atoms with E-state index in [2.05, 4.69) is 15.7 Å². The fourth-order valence-corrected chi connectivity index (χ4v) is 3.08. The van der Waals surface area contributed by atoms with Crippen LogP contribution in [0.5, 0.6) is 0 Å². The standard InChI is InChI=1S/C22H22N4O3/c1-14-20(15(2)26(25-14)19-7-5-4-6-8-19)21(28)22(29)23-13-17-9-11-18(12-10-17)24-16(3)27/h4-12H,13H2,1-3H3,(H,23,29)(H,24,27). The predicted molar refractivity (Wildman–Crippen MR) is 110 cm³/mol. The summed E-state index contributed by atoms with van der Waals surface area (Å²) in [6.07, 6.45) is 0. The maximum absolute atomic E-state index is 12.7. The molecule has 7 heteroatoms. The van der Waals surface area contributed by atoms with Crippen LogP contribution >= 0.6 is 0 Å². The van der Waals surface area contributed by atoms with Crippen molar-refractivity contribution in [2.24, 2.45) is 0 Å². The number of ketones is 1. The molecule has 3 rings (SSSR count). The molecular weight excluding hydrogens is 368 g/mol. The number of amides is 2. The van der Waals surface area contributed by atoms with Gasteiger partial charge >= 0.3 is 0 Å². The maximum Gasteiger partial charge on any atom is 0.292 e. The highest BCUT2D eigenvalue weighted by atomic mass is 16.2. The van der Waals surface area contributed by atoms with E-state index in [0.29, 0.717) is 22.6 Å². The molecule has 0 aliphatic rings. The van der Waals surface area contributed by atoms with Crippen molar-refractivity contribution < 1.29 is 14.4 Å². The van der Waals surface area contributed by atoms with Gasteiger partial charge in [0.15, 0.2) is 0 Å². The summed E-state index contributed by atoms with van der Waals surface area (Å²) in [7, 11) is 0. The quantitative estimate of drug-likeness (QED) is 0.500. The fraction of sp³-hybridized carbons (Fsp3) is 0.182. The number of aryl methyl sites for hydroxylation is 1. The van der Waals surface area contributed by atoms with Gasteiger partial charge in [0.2, 0.25) is 5.91 Å². The van der Waals surface area contributed by atoms with E-state index in [-0.39, 0.29) is 12.5 Å². The van der Waals surface area contributed by atoms with Gasteiger partial charge in [-0.1, -0.05) is 30.3 Å². The van der Waals surface area contributed by atoms with Crippen LogP contribution in [0.4, 0.5) is 5.69 Å². The number of carbonyl (C=O) groups is 3. The summed E-state index contributed by atoms with van der Waals surface area (Å²) in [6, 6.07) is 16.5. The van der Waals surface area contributed by atoms with Gasteiger partial charge in [-0.05, 0) is 43.7 Å². The van der Waals surface area contributed by atoms with Crippen molar-refractivity contribution in [1.82, 2.24) is 15.1 Å². The van der Waals surface area contributed by atoms with Crippen molar-refractivity contribution in [3.63, 3.8) is 0 Å². The first-order valence-corrected chi connectivity index (χ1v) is 9.17. The van der Waals surface area contributed by atoms with Gasteiger partial charge in [0.25, 0.3) is 11.7 Å². The lowest BCUT2D eigenvalue weighted by molar-refractivity contribution is -0.117. The fourth-order valence-electron chi connectivity index (χ4n) is 3.08. The van der Waals surface area contributed by atoms with E-state index in [1.807, 2.05) is 30.3 Å². The smallest absolute Gasteiger partial charge is 0.292 e. The molecule has 3 aromatic rings. The summed E-state index contributed by atoms with van der Waals surface area (Å²) in [5, 5.41) is 9.74. The van der Waals surface area contributed by atoms with Gasteiger partial charge < -0.3 is 10.6 Å². The molecule has 0 aliphatic carbocycles. The molecule has 2 amide bonds. The minimum Gasteiger partial charge on any atom is -0.345 e. The van der Waals surface area contributed by atoms with Gasteiger partial charge in [0.1, 0.15) is 0 Å². The Morgan fingerprint density at radius 3 is 2.24 bits per heavy atom. The minimum absolute atomic E-state index is 0.154. The Labute approximate surface area is 168 Å². The molecule has 0 radical (unpaired) electrons. The lowest BCUT2D eigenvalue weighted by Gasteiger charge is -2.07. The van der Waals surface area contributed by atoms with Gasteiger partial charge in [-0.3, -0.25) is 14.4 Å². The van der Waals surface area contributed by atoms with E-state index in [1.54, 1.807) is 42.8 Å². The molecule has 0 fully saturated rings. The van der Waals surface area contributed by atoms with E-state index in [1.165, 1.54) is 6.92 Å². The number of anilines is 1. The normalized spacial score (nSPS) is 10.4. The number of carbonyl (C=O) groups excluding carboxylic acids is 3. The molecule has 0 unspecified atom stereocenters. The number of benzene rings is 2. The van der Waals surface area contributed by atoms with Crippen LogP contribution in [0.3, 0.4) is 0 Å².